The molecule has 1 unspecified atom stereocenters. The Balaban J connectivity index is 2.92. The van der Waals surface area contributed by atoms with Gasteiger partial charge in [-0.05, 0) is 0 Å². The first kappa shape index (κ1) is 19.3. The van der Waals surface area contributed by atoms with Crippen LogP contribution in [0.1, 0.15) is 30.9 Å². The van der Waals surface area contributed by atoms with Crippen LogP contribution in [0.15, 0.2) is 18.2 Å². The summed E-state index contributed by atoms with van der Waals surface area (Å²) < 4.78 is 29.1. The Morgan fingerprint density at radius 3 is 2.39 bits per heavy atom. The Morgan fingerprint density at radius 2 is 1.91 bits per heavy atom. The first-order chi connectivity index (χ1) is 10.5. The summed E-state index contributed by atoms with van der Waals surface area (Å²) in [5, 5.41) is 19.8. The molecule has 1 aromatic carbocycles. The molecule has 0 saturated carbocycles. The molecule has 0 aliphatic heterocycles. The van der Waals surface area contributed by atoms with E-state index in [2.05, 4.69) is 0 Å². The Morgan fingerprint density at radius 1 is 1.30 bits per heavy atom. The first-order valence-corrected chi connectivity index (χ1v) is 10.0. The van der Waals surface area contributed by atoms with Crippen LogP contribution in [0.5, 0.6) is 0 Å². The van der Waals surface area contributed by atoms with Crippen molar-refractivity contribution < 1.29 is 26.8 Å². The van der Waals surface area contributed by atoms with Crippen molar-refractivity contribution in [1.82, 2.24) is 0 Å². The number of aliphatic carboxylic acids is 1. The van der Waals surface area contributed by atoms with Gasteiger partial charge < -0.3 is 0 Å². The Hall–Kier alpha value is -1.71. The van der Waals surface area contributed by atoms with Gasteiger partial charge in [0.1, 0.15) is 0 Å². The fourth-order valence-electron chi connectivity index (χ4n) is 2.02. The van der Waals surface area contributed by atoms with Gasteiger partial charge in [-0.15, -0.1) is 0 Å². The molecule has 7 N–H and O–H groups in total. The van der Waals surface area contributed by atoms with Crippen LogP contribution >= 0.6 is 0 Å². The second-order valence-corrected chi connectivity index (χ2v) is 8.39. The van der Waals surface area contributed by atoms with Crippen LogP contribution in [-0.4, -0.2) is 44.4 Å². The zero-order valence-electron chi connectivity index (χ0n) is 12.0. The molecule has 0 aromatic heterocycles. The van der Waals surface area contributed by atoms with Crippen molar-refractivity contribution in [3.8, 4) is 0 Å². The van der Waals surface area contributed by atoms with Crippen molar-refractivity contribution in [2.75, 3.05) is 0 Å². The second-order valence-electron chi connectivity index (χ2n) is 5.03. The molecule has 10 nitrogen and oxygen atoms in total. The molecule has 0 saturated heterocycles. The number of carboxylic acid groups (broad SMARTS) is 1. The molecular weight excluding hydrogens is 373 g/mol. The quantitative estimate of drug-likeness (QED) is 0.204. The van der Waals surface area contributed by atoms with Gasteiger partial charge >= 0.3 is 134 Å². The van der Waals surface area contributed by atoms with Crippen molar-refractivity contribution in [2.45, 2.75) is 31.3 Å². The predicted molar refractivity (Wildman–Crippen MR) is 80.0 cm³/mol. The number of carbonyl (C=O) groups is 1. The maximum atomic E-state index is 11.2. The molecular formula is C12H18AsN3O7. The van der Waals surface area contributed by atoms with E-state index in [-0.39, 0.29) is 18.4 Å². The second kappa shape index (κ2) is 7.71. The molecule has 0 heterocycles. The van der Waals surface area contributed by atoms with Crippen LogP contribution in [-0.2, 0) is 8.53 Å². The minimum absolute atomic E-state index is 0.131. The monoisotopic (exact) mass is 391 g/mol. The SMILES string of the molecule is NC(CCC[C@H](N)C(=O)O)c1ccc([As](=O)(O)O)cc1[N+](=O)[O-]. The number of nitrogens with two attached hydrogens (primary N) is 2. The number of nitrogens with zero attached hydrogens (tertiary/aromatic N) is 1. The van der Waals surface area contributed by atoms with Gasteiger partial charge in [-0.25, -0.2) is 0 Å². The average molecular weight is 391 g/mol. The molecule has 0 aliphatic rings. The molecule has 1 aromatic rings. The van der Waals surface area contributed by atoms with Crippen molar-refractivity contribution >= 4 is 30.2 Å². The number of nitro groups is 1. The molecule has 0 spiro atoms. The fourth-order valence-corrected chi connectivity index (χ4v) is 3.19. The maximum absolute atomic E-state index is 11.2. The topological polar surface area (TPSA) is 190 Å². The summed E-state index contributed by atoms with van der Waals surface area (Å²) >= 11 is -5.24. The van der Waals surface area contributed by atoms with E-state index < -0.39 is 47.2 Å². The van der Waals surface area contributed by atoms with Gasteiger partial charge in [0, 0.05) is 0 Å². The van der Waals surface area contributed by atoms with Crippen LogP contribution < -0.4 is 15.8 Å². The van der Waals surface area contributed by atoms with Crippen molar-refractivity contribution in [1.29, 1.82) is 0 Å². The molecule has 128 valence electrons. The van der Waals surface area contributed by atoms with Gasteiger partial charge in [-0.1, -0.05) is 0 Å². The van der Waals surface area contributed by atoms with Gasteiger partial charge in [0.25, 0.3) is 0 Å². The molecule has 0 bridgehead atoms. The van der Waals surface area contributed by atoms with Crippen LogP contribution in [0.25, 0.3) is 0 Å². The number of rotatable bonds is 8. The van der Waals surface area contributed by atoms with Gasteiger partial charge in [0.05, 0.1) is 0 Å². The molecule has 11 heteroatoms. The third kappa shape index (κ3) is 5.45. The van der Waals surface area contributed by atoms with E-state index in [0.717, 1.165) is 12.1 Å². The van der Waals surface area contributed by atoms with E-state index >= 15 is 0 Å². The predicted octanol–water partition coefficient (Wildman–Crippen LogP) is -1.26. The van der Waals surface area contributed by atoms with E-state index in [9.17, 15) is 18.6 Å². The van der Waals surface area contributed by atoms with Gasteiger partial charge in [-0.3, -0.25) is 0 Å². The van der Waals surface area contributed by atoms with E-state index in [0.29, 0.717) is 6.42 Å². The molecule has 0 fully saturated rings. The third-order valence-electron chi connectivity index (χ3n) is 3.29. The average Bonchev–Trinajstić information content (AvgIpc) is 2.45. The van der Waals surface area contributed by atoms with Crippen LogP contribution in [0.4, 0.5) is 5.69 Å². The fraction of sp³-hybridized carbons (Fsp3) is 0.417. The van der Waals surface area contributed by atoms with Gasteiger partial charge in [0.15, 0.2) is 0 Å². The van der Waals surface area contributed by atoms with Crippen molar-refractivity contribution in [3.63, 3.8) is 0 Å². The number of benzene rings is 1. The van der Waals surface area contributed by atoms with Crippen LogP contribution in [0, 0.1) is 10.1 Å². The number of nitro benzene ring substituents is 1. The minimum atomic E-state index is -5.24. The summed E-state index contributed by atoms with van der Waals surface area (Å²) in [7, 11) is 0. The zero-order chi connectivity index (χ0) is 17.8. The number of carboxylic acids is 1. The Labute approximate surface area is 134 Å². The summed E-state index contributed by atoms with van der Waals surface area (Å²) in [4.78, 5) is 20.9. The zero-order valence-corrected chi connectivity index (χ0v) is 13.9. The summed E-state index contributed by atoms with van der Waals surface area (Å²) in [6.07, 6.45) is 0.762. The van der Waals surface area contributed by atoms with Gasteiger partial charge in [0.2, 0.25) is 0 Å². The number of hydrogen-bond acceptors (Lipinski definition) is 6. The molecule has 1 rings (SSSR count). The first-order valence-electron chi connectivity index (χ1n) is 6.62. The van der Waals surface area contributed by atoms with E-state index in [1.807, 2.05) is 0 Å². The molecule has 0 aliphatic carbocycles. The van der Waals surface area contributed by atoms with Gasteiger partial charge in [-0.2, -0.15) is 0 Å². The number of hydrogen-bond donors (Lipinski definition) is 5. The molecule has 23 heavy (non-hydrogen) atoms. The molecule has 0 amide bonds. The van der Waals surface area contributed by atoms with Crippen LogP contribution in [0.2, 0.25) is 0 Å². The normalized spacial score (nSPS) is 14.3. The van der Waals surface area contributed by atoms with E-state index in [1.165, 1.54) is 6.07 Å². The molecule has 2 atom stereocenters. The standard InChI is InChI=1S/C12H18AsN3O7/c14-9(2-1-3-10(15)12(17)18)8-5-4-7(13(19,20)21)6-11(8)16(22)23/h4-6,9-10H,1-3,14-15H2,(H,17,18)(H2,19,20,21)/t9?,10-/m0/s1. The van der Waals surface area contributed by atoms with Crippen molar-refractivity contribution in [2.24, 2.45) is 11.5 Å². The summed E-state index contributed by atoms with van der Waals surface area (Å²) in [6, 6.07) is 1.37. The van der Waals surface area contributed by atoms with E-state index in [1.54, 1.807) is 0 Å². The Bertz CT molecular complexity index is 646. The molecule has 0 radical (unpaired) electrons. The van der Waals surface area contributed by atoms with Crippen molar-refractivity contribution in [3.05, 3.63) is 33.9 Å². The third-order valence-corrected chi connectivity index (χ3v) is 5.29. The van der Waals surface area contributed by atoms with Crippen LogP contribution in [0.3, 0.4) is 0 Å². The summed E-state index contributed by atoms with van der Waals surface area (Å²) in [5.74, 6) is -1.14. The Kier molecular flexibility index (Phi) is 6.48. The summed E-state index contributed by atoms with van der Waals surface area (Å²) in [5.41, 5.74) is 10.9. The summed E-state index contributed by atoms with van der Waals surface area (Å²) in [6.45, 7) is 0. The van der Waals surface area contributed by atoms with E-state index in [4.69, 9.17) is 24.8 Å².